The molecule has 0 bridgehead atoms. The van der Waals surface area contributed by atoms with Crippen LogP contribution >= 0.6 is 0 Å². The molecule has 11 heteroatoms. The highest BCUT2D eigenvalue weighted by Gasteiger charge is 2.46. The fraction of sp³-hybridized carbons (Fsp3) is 0.771. The third kappa shape index (κ3) is 12.3. The minimum Gasteiger partial charge on any atom is -0.314 e. The molecule has 2 aromatic rings. The van der Waals surface area contributed by atoms with E-state index in [0.717, 1.165) is 60.8 Å². The molecule has 7 aliphatic rings. The van der Waals surface area contributed by atoms with Gasteiger partial charge in [-0.3, -0.25) is 4.98 Å². The van der Waals surface area contributed by atoms with E-state index in [-0.39, 0.29) is 30.4 Å². The first-order valence-electron chi connectivity index (χ1n) is 23.3. The predicted octanol–water partition coefficient (Wildman–Crippen LogP) is 8.20. The molecular weight excluding hydrogens is 751 g/mol. The van der Waals surface area contributed by atoms with Crippen molar-refractivity contribution in [1.29, 1.82) is 0 Å². The van der Waals surface area contributed by atoms with Crippen LogP contribution in [0.25, 0.3) is 0 Å². The van der Waals surface area contributed by atoms with Gasteiger partial charge in [0.1, 0.15) is 11.6 Å². The maximum atomic E-state index is 12.9. The van der Waals surface area contributed by atoms with Crippen molar-refractivity contribution in [3.8, 4) is 0 Å². The van der Waals surface area contributed by atoms with Crippen LogP contribution in [0.5, 0.6) is 0 Å². The Labute approximate surface area is 353 Å². The molecule has 6 atom stereocenters. The minimum absolute atomic E-state index is 0.0979. The molecule has 4 aliphatic carbocycles. The largest absolute Gasteiger partial charge is 0.314 e. The van der Waals surface area contributed by atoms with E-state index in [1.165, 1.54) is 95.6 Å². The molecule has 0 spiro atoms. The molecule has 330 valence electrons. The van der Waals surface area contributed by atoms with Gasteiger partial charge in [-0.05, 0) is 158 Å². The lowest BCUT2D eigenvalue weighted by Gasteiger charge is -2.35. The second-order valence-corrected chi connectivity index (χ2v) is 20.6. The standard InChI is InChI=1S/C17H25FN2.C16H24FN3.C15H26F2N2/c1-12(2)20-10-14-7-17(8-15(14)11-20)19-9-13-3-5-16(18)6-4-13;1-11(2)20-9-12-5-16(6-13(12)10-20)19-8-15-4-3-14(17)7-18-15;1-10(2)19-8-12-3-14(4-13(12)9-19)18-7-11-5-15(16,17)6-11/h3-6,12,14-15,17,19H,7-11H2,1-2H3;3-4,7,11-13,16,19H,5-6,8-10H2,1-2H3;10-14,18H,3-9H2,1-2H3. The summed E-state index contributed by atoms with van der Waals surface area (Å²) in [5.41, 5.74) is 2.10. The molecule has 7 nitrogen and oxygen atoms in total. The first-order valence-corrected chi connectivity index (χ1v) is 23.3. The van der Waals surface area contributed by atoms with Crippen molar-refractivity contribution in [1.82, 2.24) is 35.6 Å². The molecule has 0 amide bonds. The normalized spacial score (nSPS) is 32.9. The number of fused-ring (bicyclic) bond motifs is 3. The molecule has 9 rings (SSSR count). The van der Waals surface area contributed by atoms with Crippen LogP contribution < -0.4 is 16.0 Å². The SMILES string of the molecule is CC(C)N1CC2CC(NCC3CC(F)(F)C3)CC2C1.CC(C)N1CC2CC(NCc3ccc(F)cc3)CC2C1.CC(C)N1CC2CC(NCc3ccc(F)cn3)CC2C1. The van der Waals surface area contributed by atoms with Crippen LogP contribution in [-0.2, 0) is 13.1 Å². The summed E-state index contributed by atoms with van der Waals surface area (Å²) < 4.78 is 51.2. The number of rotatable bonds is 12. The lowest BCUT2D eigenvalue weighted by molar-refractivity contribution is -0.109. The number of alkyl halides is 2. The highest BCUT2D eigenvalue weighted by atomic mass is 19.3. The maximum Gasteiger partial charge on any atom is 0.248 e. The number of likely N-dealkylation sites (tertiary alicyclic amines) is 3. The van der Waals surface area contributed by atoms with E-state index in [1.807, 2.05) is 12.1 Å². The number of benzene rings is 1. The maximum absolute atomic E-state index is 12.9. The van der Waals surface area contributed by atoms with Gasteiger partial charge in [-0.2, -0.15) is 0 Å². The zero-order chi connectivity index (χ0) is 41.8. The molecule has 6 unspecified atom stereocenters. The number of aromatic nitrogens is 1. The van der Waals surface area contributed by atoms with Gasteiger partial charge in [0.05, 0.1) is 11.9 Å². The van der Waals surface area contributed by atoms with Crippen LogP contribution in [0.3, 0.4) is 0 Å². The van der Waals surface area contributed by atoms with Crippen molar-refractivity contribution in [2.75, 3.05) is 45.8 Å². The van der Waals surface area contributed by atoms with Gasteiger partial charge >= 0.3 is 0 Å². The van der Waals surface area contributed by atoms with Crippen LogP contribution in [0.2, 0.25) is 0 Å². The summed E-state index contributed by atoms with van der Waals surface area (Å²) in [6, 6.07) is 13.9. The first kappa shape index (κ1) is 44.9. The average Bonchev–Trinajstić information content (AvgIpc) is 4.02. The second kappa shape index (κ2) is 19.9. The van der Waals surface area contributed by atoms with E-state index >= 15 is 0 Å². The molecule has 0 radical (unpaired) electrons. The zero-order valence-corrected chi connectivity index (χ0v) is 36.9. The quantitative estimate of drug-likeness (QED) is 0.187. The number of nitrogens with one attached hydrogen (secondary N) is 3. The molecule has 59 heavy (non-hydrogen) atoms. The number of hydrogen-bond donors (Lipinski definition) is 3. The molecular formula is C48H75F4N7. The van der Waals surface area contributed by atoms with Crippen molar-refractivity contribution >= 4 is 0 Å². The Morgan fingerprint density at radius 1 is 0.559 bits per heavy atom. The summed E-state index contributed by atoms with van der Waals surface area (Å²) in [4.78, 5) is 11.9. The van der Waals surface area contributed by atoms with Gasteiger partial charge in [0.25, 0.3) is 0 Å². The van der Waals surface area contributed by atoms with Crippen LogP contribution in [0.15, 0.2) is 42.6 Å². The van der Waals surface area contributed by atoms with Gasteiger partial charge < -0.3 is 30.7 Å². The smallest absolute Gasteiger partial charge is 0.248 e. The molecule has 3 N–H and O–H groups in total. The Balaban J connectivity index is 0.000000134. The second-order valence-electron chi connectivity index (χ2n) is 20.6. The summed E-state index contributed by atoms with van der Waals surface area (Å²) in [7, 11) is 0. The molecule has 3 aliphatic heterocycles. The summed E-state index contributed by atoms with van der Waals surface area (Å²) in [6.07, 6.45) is 9.13. The molecule has 3 saturated heterocycles. The monoisotopic (exact) mass is 826 g/mol. The number of hydrogen-bond acceptors (Lipinski definition) is 7. The number of nitrogens with zero attached hydrogens (tertiary/aromatic N) is 4. The van der Waals surface area contributed by atoms with Gasteiger partial charge in [0, 0.05) is 101 Å². The molecule has 1 aromatic carbocycles. The lowest BCUT2D eigenvalue weighted by atomic mass is 9.81. The minimum atomic E-state index is -2.36. The van der Waals surface area contributed by atoms with E-state index in [4.69, 9.17) is 0 Å². The fourth-order valence-corrected chi connectivity index (χ4v) is 11.7. The number of halogens is 4. The van der Waals surface area contributed by atoms with E-state index < -0.39 is 5.92 Å². The van der Waals surface area contributed by atoms with Crippen molar-refractivity contribution in [3.63, 3.8) is 0 Å². The Hall–Kier alpha value is -2.15. The van der Waals surface area contributed by atoms with Crippen LogP contribution in [0, 0.1) is 53.1 Å². The van der Waals surface area contributed by atoms with Crippen LogP contribution in [0.4, 0.5) is 17.6 Å². The lowest BCUT2D eigenvalue weighted by Crippen LogP contribution is -2.43. The van der Waals surface area contributed by atoms with Crippen molar-refractivity contribution in [2.24, 2.45) is 41.4 Å². The zero-order valence-electron chi connectivity index (χ0n) is 36.9. The van der Waals surface area contributed by atoms with Crippen molar-refractivity contribution < 1.29 is 17.6 Å². The van der Waals surface area contributed by atoms with E-state index in [9.17, 15) is 17.6 Å². The third-order valence-electron chi connectivity index (χ3n) is 15.3. The highest BCUT2D eigenvalue weighted by molar-refractivity contribution is 5.16. The Kier molecular flexibility index (Phi) is 15.2. The Morgan fingerprint density at radius 3 is 1.32 bits per heavy atom. The van der Waals surface area contributed by atoms with Gasteiger partial charge in [-0.15, -0.1) is 0 Å². The van der Waals surface area contributed by atoms with E-state index in [1.54, 1.807) is 18.2 Å². The Bertz CT molecular complexity index is 1460. The first-order chi connectivity index (χ1) is 28.2. The predicted molar refractivity (Wildman–Crippen MR) is 230 cm³/mol. The van der Waals surface area contributed by atoms with Gasteiger partial charge in [-0.25, -0.2) is 17.6 Å². The summed E-state index contributed by atoms with van der Waals surface area (Å²) >= 11 is 0. The van der Waals surface area contributed by atoms with Crippen molar-refractivity contribution in [2.45, 2.75) is 148 Å². The van der Waals surface area contributed by atoms with E-state index in [0.29, 0.717) is 36.3 Å². The number of pyridine rings is 1. The summed E-state index contributed by atoms with van der Waals surface area (Å²) in [6.45, 7) is 23.7. The average molecular weight is 826 g/mol. The fourth-order valence-electron chi connectivity index (χ4n) is 11.7. The van der Waals surface area contributed by atoms with Gasteiger partial charge in [0.15, 0.2) is 0 Å². The van der Waals surface area contributed by atoms with Crippen molar-refractivity contribution in [3.05, 3.63) is 65.5 Å². The van der Waals surface area contributed by atoms with Gasteiger partial charge in [-0.1, -0.05) is 12.1 Å². The molecule has 4 heterocycles. The van der Waals surface area contributed by atoms with Crippen LogP contribution in [0.1, 0.15) is 104 Å². The van der Waals surface area contributed by atoms with Gasteiger partial charge in [0.2, 0.25) is 5.92 Å². The molecule has 1 aromatic heterocycles. The topological polar surface area (TPSA) is 58.7 Å². The molecule has 7 fully saturated rings. The highest BCUT2D eigenvalue weighted by Crippen LogP contribution is 2.44. The summed E-state index contributed by atoms with van der Waals surface area (Å²) in [5, 5.41) is 10.8. The van der Waals surface area contributed by atoms with E-state index in [2.05, 4.69) is 77.2 Å². The van der Waals surface area contributed by atoms with Crippen LogP contribution in [-0.4, -0.2) is 108 Å². The Morgan fingerprint density at radius 2 is 0.949 bits per heavy atom. The third-order valence-corrected chi connectivity index (χ3v) is 15.3. The molecule has 4 saturated carbocycles. The summed E-state index contributed by atoms with van der Waals surface area (Å²) in [5.74, 6) is 2.57.